The van der Waals surface area contributed by atoms with Crippen LogP contribution in [0.2, 0.25) is 5.02 Å². The van der Waals surface area contributed by atoms with E-state index in [1.165, 1.54) is 12.1 Å². The average molecular weight is 291 g/mol. The van der Waals surface area contributed by atoms with Crippen LogP contribution in [-0.2, 0) is 0 Å². The molecule has 0 fully saturated rings. The number of carbonyl (C=O) groups excluding carboxylic acids is 1. The first-order valence-electron chi connectivity index (χ1n) is 5.26. The topological polar surface area (TPSA) is 72.2 Å². The number of hydrogen-bond acceptors (Lipinski definition) is 3. The molecule has 1 unspecified atom stereocenters. The van der Waals surface area contributed by atoms with E-state index in [4.69, 9.17) is 23.2 Å². The molecule has 0 saturated carbocycles. The first-order chi connectivity index (χ1) is 8.45. The van der Waals surface area contributed by atoms with Crippen LogP contribution in [0.5, 0.6) is 0 Å². The Morgan fingerprint density at radius 2 is 2.22 bits per heavy atom. The molecule has 0 aliphatic heterocycles. The summed E-state index contributed by atoms with van der Waals surface area (Å²) in [5, 5.41) is 13.7. The second-order valence-corrected chi connectivity index (χ2v) is 4.59. The Morgan fingerprint density at radius 3 is 2.78 bits per heavy atom. The zero-order chi connectivity index (χ0) is 13.7. The summed E-state index contributed by atoms with van der Waals surface area (Å²) in [6, 6.07) is 3.78. The normalized spacial score (nSPS) is 11.9. The standard InChI is InChI=1S/C11H12Cl2N2O3/c1-7(4-5-12)14-11(16)9-3-2-8(13)6-10(9)15(17)18/h2-3,6-7H,4-5H2,1H3,(H,14,16). The molecule has 0 heterocycles. The fraction of sp³-hybridized carbons (Fsp3) is 0.364. The highest BCUT2D eigenvalue weighted by molar-refractivity contribution is 6.31. The molecule has 1 aromatic carbocycles. The van der Waals surface area contributed by atoms with E-state index in [1.807, 2.05) is 0 Å². The van der Waals surface area contributed by atoms with Crippen LogP contribution >= 0.6 is 23.2 Å². The minimum atomic E-state index is -0.632. The van der Waals surface area contributed by atoms with Gasteiger partial charge in [-0.25, -0.2) is 0 Å². The largest absolute Gasteiger partial charge is 0.349 e. The SMILES string of the molecule is CC(CCCl)NC(=O)c1ccc(Cl)cc1[N+](=O)[O-]. The predicted molar refractivity (Wildman–Crippen MR) is 70.4 cm³/mol. The molecule has 0 radical (unpaired) electrons. The summed E-state index contributed by atoms with van der Waals surface area (Å²) in [4.78, 5) is 22.1. The van der Waals surface area contributed by atoms with Gasteiger partial charge in [-0.2, -0.15) is 0 Å². The van der Waals surface area contributed by atoms with Crippen molar-refractivity contribution in [1.29, 1.82) is 0 Å². The van der Waals surface area contributed by atoms with Crippen LogP contribution in [0.1, 0.15) is 23.7 Å². The van der Waals surface area contributed by atoms with Crippen molar-refractivity contribution in [3.05, 3.63) is 38.9 Å². The molecule has 18 heavy (non-hydrogen) atoms. The van der Waals surface area contributed by atoms with Crippen molar-refractivity contribution in [1.82, 2.24) is 5.32 Å². The molecule has 0 aliphatic carbocycles. The lowest BCUT2D eigenvalue weighted by Crippen LogP contribution is -2.33. The summed E-state index contributed by atoms with van der Waals surface area (Å²) in [7, 11) is 0. The van der Waals surface area contributed by atoms with Crippen LogP contribution in [0.15, 0.2) is 18.2 Å². The highest BCUT2D eigenvalue weighted by Gasteiger charge is 2.21. The van der Waals surface area contributed by atoms with E-state index in [0.29, 0.717) is 12.3 Å². The summed E-state index contributed by atoms with van der Waals surface area (Å²) in [5.41, 5.74) is -0.316. The van der Waals surface area contributed by atoms with Crippen molar-refractivity contribution in [2.45, 2.75) is 19.4 Å². The lowest BCUT2D eigenvalue weighted by Gasteiger charge is -2.12. The molecular weight excluding hydrogens is 279 g/mol. The minimum Gasteiger partial charge on any atom is -0.349 e. The molecule has 1 atom stereocenters. The third-order valence-corrected chi connectivity index (χ3v) is 2.77. The molecule has 0 saturated heterocycles. The Balaban J connectivity index is 2.95. The first-order valence-corrected chi connectivity index (χ1v) is 6.17. The molecule has 0 aromatic heterocycles. The van der Waals surface area contributed by atoms with Crippen molar-refractivity contribution in [2.75, 3.05) is 5.88 Å². The third kappa shape index (κ3) is 3.85. The van der Waals surface area contributed by atoms with Crippen molar-refractivity contribution in [3.63, 3.8) is 0 Å². The smallest absolute Gasteiger partial charge is 0.283 e. The van der Waals surface area contributed by atoms with Crippen LogP contribution in [0.3, 0.4) is 0 Å². The number of carbonyl (C=O) groups is 1. The fourth-order valence-electron chi connectivity index (χ4n) is 1.39. The Morgan fingerprint density at radius 1 is 1.56 bits per heavy atom. The number of halogens is 2. The molecule has 1 rings (SSSR count). The van der Waals surface area contributed by atoms with Gasteiger partial charge >= 0.3 is 0 Å². The maximum absolute atomic E-state index is 11.9. The number of nitrogens with one attached hydrogen (secondary N) is 1. The zero-order valence-corrected chi connectivity index (χ0v) is 11.2. The summed E-state index contributed by atoms with van der Waals surface area (Å²) >= 11 is 11.2. The van der Waals surface area contributed by atoms with Crippen molar-refractivity contribution in [2.24, 2.45) is 0 Å². The molecule has 0 bridgehead atoms. The maximum atomic E-state index is 11.9. The third-order valence-electron chi connectivity index (χ3n) is 2.32. The van der Waals surface area contributed by atoms with Crippen LogP contribution < -0.4 is 5.32 Å². The van der Waals surface area contributed by atoms with Gasteiger partial charge in [0.1, 0.15) is 5.56 Å². The number of hydrogen-bond donors (Lipinski definition) is 1. The second kappa shape index (κ2) is 6.56. The van der Waals surface area contributed by atoms with Crippen LogP contribution in [0.4, 0.5) is 5.69 Å². The van der Waals surface area contributed by atoms with E-state index in [2.05, 4.69) is 5.32 Å². The zero-order valence-electron chi connectivity index (χ0n) is 9.65. The molecular formula is C11H12Cl2N2O3. The van der Waals surface area contributed by atoms with Crippen molar-refractivity contribution >= 4 is 34.8 Å². The van der Waals surface area contributed by atoms with Gasteiger partial charge in [0.25, 0.3) is 11.6 Å². The number of alkyl halides is 1. The first kappa shape index (κ1) is 14.7. The lowest BCUT2D eigenvalue weighted by atomic mass is 10.1. The van der Waals surface area contributed by atoms with E-state index < -0.39 is 10.8 Å². The van der Waals surface area contributed by atoms with Gasteiger partial charge in [-0.1, -0.05) is 11.6 Å². The van der Waals surface area contributed by atoms with Gasteiger partial charge in [0.15, 0.2) is 0 Å². The summed E-state index contributed by atoms with van der Waals surface area (Å²) in [6.07, 6.45) is 0.592. The van der Waals surface area contributed by atoms with E-state index >= 15 is 0 Å². The number of rotatable bonds is 5. The van der Waals surface area contributed by atoms with Crippen molar-refractivity contribution in [3.8, 4) is 0 Å². The van der Waals surface area contributed by atoms with Crippen LogP contribution in [0, 0.1) is 10.1 Å². The number of nitro benzene ring substituents is 1. The van der Waals surface area contributed by atoms with Crippen LogP contribution in [-0.4, -0.2) is 22.8 Å². The van der Waals surface area contributed by atoms with Crippen LogP contribution in [0.25, 0.3) is 0 Å². The highest BCUT2D eigenvalue weighted by atomic mass is 35.5. The van der Waals surface area contributed by atoms with E-state index in [9.17, 15) is 14.9 Å². The van der Waals surface area contributed by atoms with E-state index in [1.54, 1.807) is 6.92 Å². The van der Waals surface area contributed by atoms with Gasteiger partial charge in [-0.3, -0.25) is 14.9 Å². The Kier molecular flexibility index (Phi) is 5.37. The summed E-state index contributed by atoms with van der Waals surface area (Å²) < 4.78 is 0. The van der Waals surface area contributed by atoms with Gasteiger partial charge in [-0.05, 0) is 25.5 Å². The minimum absolute atomic E-state index is 0.00850. The molecule has 1 N–H and O–H groups in total. The molecule has 0 spiro atoms. The molecule has 98 valence electrons. The van der Waals surface area contributed by atoms with Gasteiger partial charge in [0.05, 0.1) is 4.92 Å². The van der Waals surface area contributed by atoms with Crippen molar-refractivity contribution < 1.29 is 9.72 Å². The number of benzene rings is 1. The van der Waals surface area contributed by atoms with Gasteiger partial charge in [0.2, 0.25) is 0 Å². The van der Waals surface area contributed by atoms with E-state index in [0.717, 1.165) is 6.07 Å². The summed E-state index contributed by atoms with van der Waals surface area (Å²) in [6.45, 7) is 1.78. The summed E-state index contributed by atoms with van der Waals surface area (Å²) in [5.74, 6) is -0.0968. The van der Waals surface area contributed by atoms with Gasteiger partial charge in [-0.15, -0.1) is 11.6 Å². The number of nitrogens with zero attached hydrogens (tertiary/aromatic N) is 1. The number of nitro groups is 1. The molecule has 0 aliphatic rings. The fourth-order valence-corrected chi connectivity index (χ4v) is 1.88. The molecule has 1 amide bonds. The molecule has 1 aromatic rings. The van der Waals surface area contributed by atoms with Gasteiger partial charge < -0.3 is 5.32 Å². The highest BCUT2D eigenvalue weighted by Crippen LogP contribution is 2.23. The molecule has 5 nitrogen and oxygen atoms in total. The maximum Gasteiger partial charge on any atom is 0.283 e. The number of amides is 1. The lowest BCUT2D eigenvalue weighted by molar-refractivity contribution is -0.385. The monoisotopic (exact) mass is 290 g/mol. The quantitative estimate of drug-likeness (QED) is 0.515. The van der Waals surface area contributed by atoms with Gasteiger partial charge in [0, 0.05) is 23.0 Å². The van der Waals surface area contributed by atoms with E-state index in [-0.39, 0.29) is 22.3 Å². The average Bonchev–Trinajstić information content (AvgIpc) is 2.28. The second-order valence-electron chi connectivity index (χ2n) is 3.77. The Bertz CT molecular complexity index is 466. The Hall–Kier alpha value is -1.33. The Labute approximate surface area is 114 Å². The predicted octanol–water partition coefficient (Wildman–Crippen LogP) is 3.00. The molecule has 7 heteroatoms.